The fraction of sp³-hybridized carbons (Fsp3) is 0.188. The van der Waals surface area contributed by atoms with Gasteiger partial charge in [-0.1, -0.05) is 19.1 Å². The highest BCUT2D eigenvalue weighted by molar-refractivity contribution is 5.88. The highest BCUT2D eigenvalue weighted by atomic mass is 16.5. The molecule has 0 saturated heterocycles. The second-order valence-electron chi connectivity index (χ2n) is 4.39. The maximum absolute atomic E-state index is 10.9. The molecule has 0 aliphatic carbocycles. The second kappa shape index (κ2) is 5.57. The van der Waals surface area contributed by atoms with Gasteiger partial charge in [0.15, 0.2) is 0 Å². The molecule has 0 radical (unpaired) electrons. The van der Waals surface area contributed by atoms with Crippen LogP contribution in [-0.2, 0) is 6.42 Å². The number of ether oxygens (including phenoxy) is 1. The number of aryl methyl sites for hydroxylation is 2. The first kappa shape index (κ1) is 13.1. The minimum atomic E-state index is -0.928. The average molecular weight is 256 g/mol. The van der Waals surface area contributed by atoms with Crippen LogP contribution in [0.3, 0.4) is 0 Å². The van der Waals surface area contributed by atoms with Gasteiger partial charge >= 0.3 is 5.97 Å². The Morgan fingerprint density at radius 2 is 2.00 bits per heavy atom. The van der Waals surface area contributed by atoms with Crippen molar-refractivity contribution in [3.63, 3.8) is 0 Å². The molecule has 0 aliphatic heterocycles. The number of hydrogen-bond acceptors (Lipinski definition) is 2. The van der Waals surface area contributed by atoms with Gasteiger partial charge in [0.25, 0.3) is 0 Å². The molecule has 0 heterocycles. The van der Waals surface area contributed by atoms with Crippen molar-refractivity contribution >= 4 is 5.97 Å². The number of carbonyl (C=O) groups is 1. The molecule has 2 aromatic carbocycles. The molecular weight excluding hydrogens is 240 g/mol. The average Bonchev–Trinajstić information content (AvgIpc) is 2.41. The van der Waals surface area contributed by atoms with E-state index < -0.39 is 5.97 Å². The predicted molar refractivity (Wildman–Crippen MR) is 74.0 cm³/mol. The molecule has 3 nitrogen and oxygen atoms in total. The van der Waals surface area contributed by atoms with Crippen LogP contribution in [0, 0.1) is 6.92 Å². The zero-order valence-corrected chi connectivity index (χ0v) is 11.0. The fourth-order valence-electron chi connectivity index (χ4n) is 1.85. The monoisotopic (exact) mass is 256 g/mol. The van der Waals surface area contributed by atoms with Gasteiger partial charge in [-0.15, -0.1) is 0 Å². The lowest BCUT2D eigenvalue weighted by molar-refractivity contribution is 0.0697. The van der Waals surface area contributed by atoms with Crippen LogP contribution in [0.15, 0.2) is 42.5 Å². The van der Waals surface area contributed by atoms with Crippen molar-refractivity contribution in [3.8, 4) is 11.5 Å². The Balaban J connectivity index is 2.25. The van der Waals surface area contributed by atoms with E-state index in [9.17, 15) is 4.79 Å². The Morgan fingerprint density at radius 1 is 1.21 bits per heavy atom. The maximum Gasteiger partial charge on any atom is 0.335 e. The SMILES string of the molecule is CCc1cccc(Oc2ccc(C(=O)O)cc2C)c1. The summed E-state index contributed by atoms with van der Waals surface area (Å²) in [6, 6.07) is 12.7. The molecule has 3 heteroatoms. The Labute approximate surface area is 112 Å². The van der Waals surface area contributed by atoms with E-state index in [1.54, 1.807) is 18.2 Å². The molecule has 0 aromatic heterocycles. The van der Waals surface area contributed by atoms with Gasteiger partial charge in [0, 0.05) is 0 Å². The molecule has 0 spiro atoms. The molecule has 0 unspecified atom stereocenters. The molecule has 0 bridgehead atoms. The standard InChI is InChI=1S/C16H16O3/c1-3-12-5-4-6-14(10-12)19-15-8-7-13(16(17)18)9-11(15)2/h4-10H,3H2,1-2H3,(H,17,18). The summed E-state index contributed by atoms with van der Waals surface area (Å²) in [6.45, 7) is 3.93. The summed E-state index contributed by atoms with van der Waals surface area (Å²) < 4.78 is 5.79. The molecule has 0 amide bonds. The minimum absolute atomic E-state index is 0.271. The van der Waals surface area contributed by atoms with Crippen LogP contribution in [0.2, 0.25) is 0 Å². The van der Waals surface area contributed by atoms with E-state index >= 15 is 0 Å². The smallest absolute Gasteiger partial charge is 0.335 e. The number of benzene rings is 2. The lowest BCUT2D eigenvalue weighted by Crippen LogP contribution is -1.97. The number of hydrogen-bond donors (Lipinski definition) is 1. The van der Waals surface area contributed by atoms with Gasteiger partial charge in [0.2, 0.25) is 0 Å². The van der Waals surface area contributed by atoms with Gasteiger partial charge < -0.3 is 9.84 Å². The Kier molecular flexibility index (Phi) is 3.85. The fourth-order valence-corrected chi connectivity index (χ4v) is 1.85. The van der Waals surface area contributed by atoms with E-state index in [1.807, 2.05) is 31.2 Å². The molecule has 0 aliphatic rings. The molecule has 0 saturated carbocycles. The quantitative estimate of drug-likeness (QED) is 0.897. The van der Waals surface area contributed by atoms with Crippen LogP contribution in [0.4, 0.5) is 0 Å². The van der Waals surface area contributed by atoms with E-state index in [0.29, 0.717) is 5.75 Å². The third kappa shape index (κ3) is 3.13. The van der Waals surface area contributed by atoms with Crippen molar-refractivity contribution in [3.05, 3.63) is 59.2 Å². The van der Waals surface area contributed by atoms with Crippen LogP contribution in [-0.4, -0.2) is 11.1 Å². The number of aromatic carboxylic acids is 1. The van der Waals surface area contributed by atoms with E-state index in [-0.39, 0.29) is 5.56 Å². The normalized spacial score (nSPS) is 10.2. The molecule has 0 fully saturated rings. The number of carboxylic acids is 1. The van der Waals surface area contributed by atoms with E-state index in [4.69, 9.17) is 9.84 Å². The van der Waals surface area contributed by atoms with Gasteiger partial charge in [0.1, 0.15) is 11.5 Å². The van der Waals surface area contributed by atoms with Crippen LogP contribution in [0.25, 0.3) is 0 Å². The van der Waals surface area contributed by atoms with Gasteiger partial charge in [0.05, 0.1) is 5.56 Å². The summed E-state index contributed by atoms with van der Waals surface area (Å²) >= 11 is 0. The van der Waals surface area contributed by atoms with Crippen LogP contribution >= 0.6 is 0 Å². The largest absolute Gasteiger partial charge is 0.478 e. The van der Waals surface area contributed by atoms with Crippen molar-refractivity contribution in [2.75, 3.05) is 0 Å². The first-order valence-electron chi connectivity index (χ1n) is 6.21. The van der Waals surface area contributed by atoms with E-state index in [2.05, 4.69) is 6.92 Å². The summed E-state index contributed by atoms with van der Waals surface area (Å²) in [7, 11) is 0. The lowest BCUT2D eigenvalue weighted by Gasteiger charge is -2.10. The zero-order valence-electron chi connectivity index (χ0n) is 11.0. The molecule has 98 valence electrons. The molecule has 2 rings (SSSR count). The topological polar surface area (TPSA) is 46.5 Å². The van der Waals surface area contributed by atoms with E-state index in [0.717, 1.165) is 17.7 Å². The number of rotatable bonds is 4. The van der Waals surface area contributed by atoms with Crippen LogP contribution in [0.5, 0.6) is 11.5 Å². The van der Waals surface area contributed by atoms with Crippen molar-refractivity contribution in [1.29, 1.82) is 0 Å². The van der Waals surface area contributed by atoms with Crippen molar-refractivity contribution in [2.24, 2.45) is 0 Å². The number of carboxylic acid groups (broad SMARTS) is 1. The van der Waals surface area contributed by atoms with Crippen molar-refractivity contribution in [1.82, 2.24) is 0 Å². The second-order valence-corrected chi connectivity index (χ2v) is 4.39. The van der Waals surface area contributed by atoms with Gasteiger partial charge in [-0.05, 0) is 54.8 Å². The Morgan fingerprint density at radius 3 is 2.63 bits per heavy atom. The van der Waals surface area contributed by atoms with Crippen molar-refractivity contribution in [2.45, 2.75) is 20.3 Å². The predicted octanol–water partition coefficient (Wildman–Crippen LogP) is 4.05. The van der Waals surface area contributed by atoms with Gasteiger partial charge in [-0.25, -0.2) is 4.79 Å². The summed E-state index contributed by atoms with van der Waals surface area (Å²) in [5, 5.41) is 8.92. The van der Waals surface area contributed by atoms with Crippen LogP contribution < -0.4 is 4.74 Å². The van der Waals surface area contributed by atoms with Crippen LogP contribution in [0.1, 0.15) is 28.4 Å². The molecule has 2 aromatic rings. The highest BCUT2D eigenvalue weighted by Crippen LogP contribution is 2.26. The molecule has 1 N–H and O–H groups in total. The molecular formula is C16H16O3. The van der Waals surface area contributed by atoms with Gasteiger partial charge in [-0.2, -0.15) is 0 Å². The Bertz CT molecular complexity index is 603. The molecule has 0 atom stereocenters. The maximum atomic E-state index is 10.9. The highest BCUT2D eigenvalue weighted by Gasteiger charge is 2.07. The van der Waals surface area contributed by atoms with Crippen molar-refractivity contribution < 1.29 is 14.6 Å². The van der Waals surface area contributed by atoms with Gasteiger partial charge in [-0.3, -0.25) is 0 Å². The third-order valence-corrected chi connectivity index (χ3v) is 2.96. The summed E-state index contributed by atoms with van der Waals surface area (Å²) in [4.78, 5) is 10.9. The summed E-state index contributed by atoms with van der Waals surface area (Å²) in [6.07, 6.45) is 0.953. The first-order chi connectivity index (χ1) is 9.10. The third-order valence-electron chi connectivity index (χ3n) is 2.96. The Hall–Kier alpha value is -2.29. The minimum Gasteiger partial charge on any atom is -0.478 e. The molecule has 19 heavy (non-hydrogen) atoms. The summed E-state index contributed by atoms with van der Waals surface area (Å²) in [5.41, 5.74) is 2.28. The van der Waals surface area contributed by atoms with E-state index in [1.165, 1.54) is 5.56 Å². The zero-order chi connectivity index (χ0) is 13.8. The lowest BCUT2D eigenvalue weighted by atomic mass is 10.1. The first-order valence-corrected chi connectivity index (χ1v) is 6.21. The summed E-state index contributed by atoms with van der Waals surface area (Å²) in [5.74, 6) is 0.520.